The Morgan fingerprint density at radius 3 is 2.57 bits per heavy atom. The number of rotatable bonds is 4. The number of esters is 1. The van der Waals surface area contributed by atoms with Crippen molar-refractivity contribution < 1.29 is 9.53 Å². The fraction of sp³-hybridized carbons (Fsp3) is 0.833. The molecule has 0 bridgehead atoms. The van der Waals surface area contributed by atoms with Crippen LogP contribution in [0.1, 0.15) is 52.4 Å². The van der Waals surface area contributed by atoms with E-state index in [2.05, 4.69) is 0 Å². The standard InChI is InChI=1S/C12H21O2/c1-10(2)8-12(13)14-9-11-6-4-3-5-7-11/h9-11H,3-8H2,1-2H3. The van der Waals surface area contributed by atoms with Crippen molar-refractivity contribution in [3.63, 3.8) is 0 Å². The molecular weight excluding hydrogens is 176 g/mol. The van der Waals surface area contributed by atoms with E-state index in [1.807, 2.05) is 13.8 Å². The summed E-state index contributed by atoms with van der Waals surface area (Å²) in [6, 6.07) is 0. The minimum atomic E-state index is -0.0782. The van der Waals surface area contributed by atoms with Crippen molar-refractivity contribution in [2.45, 2.75) is 52.4 Å². The first-order valence-corrected chi connectivity index (χ1v) is 5.71. The Morgan fingerprint density at radius 1 is 1.36 bits per heavy atom. The molecule has 0 aromatic heterocycles. The van der Waals surface area contributed by atoms with E-state index < -0.39 is 0 Å². The van der Waals surface area contributed by atoms with Crippen LogP contribution in [0.4, 0.5) is 0 Å². The predicted octanol–water partition coefficient (Wildman–Crippen LogP) is 3.32. The maximum atomic E-state index is 11.2. The molecule has 0 unspecified atom stereocenters. The van der Waals surface area contributed by atoms with E-state index in [4.69, 9.17) is 4.74 Å². The van der Waals surface area contributed by atoms with Crippen LogP contribution in [0.5, 0.6) is 0 Å². The van der Waals surface area contributed by atoms with Crippen molar-refractivity contribution in [2.24, 2.45) is 11.8 Å². The first kappa shape index (κ1) is 11.5. The number of hydrogen-bond acceptors (Lipinski definition) is 2. The van der Waals surface area contributed by atoms with E-state index in [0.29, 0.717) is 18.3 Å². The average Bonchev–Trinajstić information content (AvgIpc) is 2.15. The van der Waals surface area contributed by atoms with Crippen LogP contribution in [-0.2, 0) is 9.53 Å². The monoisotopic (exact) mass is 197 g/mol. The van der Waals surface area contributed by atoms with Gasteiger partial charge in [-0.05, 0) is 24.7 Å². The second kappa shape index (κ2) is 6.05. The lowest BCUT2D eigenvalue weighted by molar-refractivity contribution is -0.142. The molecular formula is C12H21O2. The van der Waals surface area contributed by atoms with Crippen molar-refractivity contribution >= 4 is 5.97 Å². The van der Waals surface area contributed by atoms with Gasteiger partial charge in [0.25, 0.3) is 0 Å². The summed E-state index contributed by atoms with van der Waals surface area (Å²) in [5.74, 6) is 0.827. The Labute approximate surface area is 87.0 Å². The van der Waals surface area contributed by atoms with Crippen LogP contribution in [0, 0.1) is 18.4 Å². The molecule has 2 heteroatoms. The summed E-state index contributed by atoms with van der Waals surface area (Å²) < 4.78 is 5.13. The second-order valence-electron chi connectivity index (χ2n) is 4.62. The van der Waals surface area contributed by atoms with Gasteiger partial charge in [0.15, 0.2) is 0 Å². The average molecular weight is 197 g/mol. The SMILES string of the molecule is CC(C)CC(=O)O[CH]C1CCCCC1. The van der Waals surface area contributed by atoms with Gasteiger partial charge in [-0.25, -0.2) is 0 Å². The fourth-order valence-corrected chi connectivity index (χ4v) is 1.82. The highest BCUT2D eigenvalue weighted by molar-refractivity contribution is 5.69. The summed E-state index contributed by atoms with van der Waals surface area (Å²) in [5, 5.41) is 0. The summed E-state index contributed by atoms with van der Waals surface area (Å²) in [4.78, 5) is 11.2. The van der Waals surface area contributed by atoms with Crippen LogP contribution >= 0.6 is 0 Å². The summed E-state index contributed by atoms with van der Waals surface area (Å²) in [6.07, 6.45) is 6.81. The van der Waals surface area contributed by atoms with E-state index in [-0.39, 0.29) is 5.97 Å². The summed E-state index contributed by atoms with van der Waals surface area (Å²) in [6.45, 7) is 5.83. The molecule has 0 heterocycles. The first-order valence-electron chi connectivity index (χ1n) is 5.71. The molecule has 0 N–H and O–H groups in total. The van der Waals surface area contributed by atoms with Gasteiger partial charge in [-0.2, -0.15) is 0 Å². The highest BCUT2D eigenvalue weighted by Crippen LogP contribution is 2.26. The molecule has 0 aromatic rings. The van der Waals surface area contributed by atoms with Gasteiger partial charge in [0.2, 0.25) is 0 Å². The lowest BCUT2D eigenvalue weighted by Crippen LogP contribution is -2.13. The summed E-state index contributed by atoms with van der Waals surface area (Å²) in [5.41, 5.74) is 0. The van der Waals surface area contributed by atoms with Crippen molar-refractivity contribution in [1.29, 1.82) is 0 Å². The van der Waals surface area contributed by atoms with Crippen LogP contribution in [0.15, 0.2) is 0 Å². The molecule has 81 valence electrons. The highest BCUT2D eigenvalue weighted by atomic mass is 16.5. The predicted molar refractivity (Wildman–Crippen MR) is 56.4 cm³/mol. The van der Waals surface area contributed by atoms with E-state index in [1.165, 1.54) is 32.1 Å². The van der Waals surface area contributed by atoms with Crippen LogP contribution < -0.4 is 0 Å². The van der Waals surface area contributed by atoms with E-state index in [9.17, 15) is 4.79 Å². The van der Waals surface area contributed by atoms with E-state index in [0.717, 1.165) is 0 Å². The molecule has 1 aliphatic carbocycles. The van der Waals surface area contributed by atoms with Gasteiger partial charge in [0.1, 0.15) is 6.61 Å². The van der Waals surface area contributed by atoms with Crippen molar-refractivity contribution in [2.75, 3.05) is 0 Å². The minimum absolute atomic E-state index is 0.0782. The summed E-state index contributed by atoms with van der Waals surface area (Å²) in [7, 11) is 0. The zero-order valence-corrected chi connectivity index (χ0v) is 9.29. The third-order valence-electron chi connectivity index (χ3n) is 2.62. The Bertz CT molecular complexity index is 169. The second-order valence-corrected chi connectivity index (χ2v) is 4.62. The molecule has 14 heavy (non-hydrogen) atoms. The Kier molecular flexibility index (Phi) is 4.99. The number of ether oxygens (including phenoxy) is 1. The number of carbonyl (C=O) groups is 1. The Morgan fingerprint density at radius 2 is 2.00 bits per heavy atom. The Hall–Kier alpha value is -0.530. The van der Waals surface area contributed by atoms with E-state index in [1.54, 1.807) is 6.61 Å². The molecule has 0 saturated heterocycles. The third kappa shape index (κ3) is 4.64. The molecule has 1 fully saturated rings. The normalized spacial score (nSPS) is 18.5. The zero-order valence-electron chi connectivity index (χ0n) is 9.29. The molecule has 0 spiro atoms. The van der Waals surface area contributed by atoms with Gasteiger partial charge < -0.3 is 4.74 Å². The molecule has 1 aliphatic rings. The lowest BCUT2D eigenvalue weighted by Gasteiger charge is -2.20. The quantitative estimate of drug-likeness (QED) is 0.646. The minimum Gasteiger partial charge on any atom is -0.458 e. The van der Waals surface area contributed by atoms with Crippen LogP contribution in [-0.4, -0.2) is 5.97 Å². The molecule has 1 rings (SSSR count). The van der Waals surface area contributed by atoms with Crippen LogP contribution in [0.25, 0.3) is 0 Å². The highest BCUT2D eigenvalue weighted by Gasteiger charge is 2.16. The Balaban J connectivity index is 2.09. The largest absolute Gasteiger partial charge is 0.458 e. The molecule has 0 atom stereocenters. The fourth-order valence-electron chi connectivity index (χ4n) is 1.82. The molecule has 2 nitrogen and oxygen atoms in total. The molecule has 0 aliphatic heterocycles. The van der Waals surface area contributed by atoms with Crippen LogP contribution in [0.3, 0.4) is 0 Å². The van der Waals surface area contributed by atoms with E-state index >= 15 is 0 Å². The molecule has 0 aromatic carbocycles. The lowest BCUT2D eigenvalue weighted by atomic mass is 9.90. The maximum Gasteiger partial charge on any atom is 0.306 e. The van der Waals surface area contributed by atoms with Crippen molar-refractivity contribution in [3.8, 4) is 0 Å². The smallest absolute Gasteiger partial charge is 0.306 e. The molecule has 1 saturated carbocycles. The summed E-state index contributed by atoms with van der Waals surface area (Å²) >= 11 is 0. The third-order valence-corrected chi connectivity index (χ3v) is 2.62. The maximum absolute atomic E-state index is 11.2. The number of carbonyl (C=O) groups excluding carboxylic acids is 1. The van der Waals surface area contributed by atoms with Crippen molar-refractivity contribution in [3.05, 3.63) is 6.61 Å². The van der Waals surface area contributed by atoms with Gasteiger partial charge in [0.05, 0.1) is 0 Å². The van der Waals surface area contributed by atoms with Gasteiger partial charge in [0, 0.05) is 6.42 Å². The first-order chi connectivity index (χ1) is 6.68. The zero-order chi connectivity index (χ0) is 10.4. The molecule has 1 radical (unpaired) electrons. The van der Waals surface area contributed by atoms with Gasteiger partial charge in [-0.1, -0.05) is 33.1 Å². The van der Waals surface area contributed by atoms with Gasteiger partial charge in [-0.15, -0.1) is 0 Å². The topological polar surface area (TPSA) is 26.3 Å². The van der Waals surface area contributed by atoms with Gasteiger partial charge in [-0.3, -0.25) is 4.79 Å². The number of hydrogen-bond donors (Lipinski definition) is 0. The van der Waals surface area contributed by atoms with Crippen LogP contribution in [0.2, 0.25) is 0 Å². The molecule has 0 amide bonds. The van der Waals surface area contributed by atoms with Gasteiger partial charge >= 0.3 is 5.97 Å². The van der Waals surface area contributed by atoms with Crippen molar-refractivity contribution in [1.82, 2.24) is 0 Å².